The van der Waals surface area contributed by atoms with Gasteiger partial charge in [-0.3, -0.25) is 9.52 Å². The molecule has 0 unspecified atom stereocenters. The minimum absolute atomic E-state index is 0.0161. The second-order valence-electron chi connectivity index (χ2n) is 8.39. The predicted octanol–water partition coefficient (Wildman–Crippen LogP) is 3.67. The maximum absolute atomic E-state index is 15.4. The van der Waals surface area contributed by atoms with E-state index in [9.17, 15) is 30.8 Å². The van der Waals surface area contributed by atoms with Gasteiger partial charge in [-0.15, -0.1) is 0 Å². The Balaban J connectivity index is 1.49. The molecule has 4 aromatic rings. The second-order valence-corrected chi connectivity index (χ2v) is 10.1. The third-order valence-corrected chi connectivity index (χ3v) is 7.27. The van der Waals surface area contributed by atoms with Gasteiger partial charge in [0.05, 0.1) is 38.7 Å². The molecule has 15 heteroatoms. The number of fused-ring (bicyclic) bond motifs is 1. The zero-order chi connectivity index (χ0) is 27.2. The number of aromatic amines is 1. The van der Waals surface area contributed by atoms with Crippen LogP contribution in [0.4, 0.5) is 33.5 Å². The summed E-state index contributed by atoms with van der Waals surface area (Å²) < 4.78 is 95.8. The quantitative estimate of drug-likeness (QED) is 0.203. The Morgan fingerprint density at radius 3 is 2.37 bits per heavy atom. The Bertz CT molecular complexity index is 1650. The number of nitrogens with one attached hydrogen (secondary N) is 4. The van der Waals surface area contributed by atoms with E-state index >= 15 is 4.39 Å². The molecule has 0 amide bonds. The molecule has 1 fully saturated rings. The van der Waals surface area contributed by atoms with Crippen molar-refractivity contribution in [3.05, 3.63) is 77.2 Å². The molecule has 0 aliphatic carbocycles. The summed E-state index contributed by atoms with van der Waals surface area (Å²) in [6.07, 6.45) is -2.23. The molecule has 0 radical (unpaired) electrons. The van der Waals surface area contributed by atoms with Crippen LogP contribution in [0.25, 0.3) is 11.0 Å². The SMILES string of the molecule is O=C(c1c(F)ccc(NS(=O)(=O)c2ccc(C(F)(F)F)cc2)c1F)c1c[nH]c2ncnc(NC3CNC3)c12. The maximum atomic E-state index is 15.4. The lowest BCUT2D eigenvalue weighted by Gasteiger charge is -2.28. The number of benzene rings is 2. The van der Waals surface area contributed by atoms with Gasteiger partial charge in [0.1, 0.15) is 23.6 Å². The van der Waals surface area contributed by atoms with Gasteiger partial charge in [-0.25, -0.2) is 27.2 Å². The summed E-state index contributed by atoms with van der Waals surface area (Å²) in [6.45, 7) is 1.28. The van der Waals surface area contributed by atoms with Crippen LogP contribution in [0, 0.1) is 11.6 Å². The highest BCUT2D eigenvalue weighted by Crippen LogP contribution is 2.32. The van der Waals surface area contributed by atoms with E-state index in [1.807, 2.05) is 4.72 Å². The molecule has 4 N–H and O–H groups in total. The van der Waals surface area contributed by atoms with E-state index in [-0.39, 0.29) is 28.5 Å². The Morgan fingerprint density at radius 2 is 1.74 bits per heavy atom. The van der Waals surface area contributed by atoms with E-state index in [4.69, 9.17) is 0 Å². The number of hydrogen-bond donors (Lipinski definition) is 4. The molecule has 9 nitrogen and oxygen atoms in total. The van der Waals surface area contributed by atoms with Crippen LogP contribution in [-0.2, 0) is 16.2 Å². The zero-order valence-electron chi connectivity index (χ0n) is 19.0. The molecular formula is C23H17F5N6O3S. The molecule has 3 heterocycles. The molecule has 38 heavy (non-hydrogen) atoms. The van der Waals surface area contributed by atoms with Gasteiger partial charge >= 0.3 is 6.18 Å². The predicted molar refractivity (Wildman–Crippen MR) is 126 cm³/mol. The normalized spacial score (nSPS) is 14.3. The number of aromatic nitrogens is 3. The van der Waals surface area contributed by atoms with Crippen LogP contribution in [0.1, 0.15) is 21.5 Å². The molecular weight excluding hydrogens is 535 g/mol. The standard InChI is InChI=1S/C23H17F5N6O3S/c24-15-5-6-16(34-38(36,37)13-3-1-11(2-4-13)23(26,27)28)19(25)18(15)20(35)14-9-30-21-17(14)22(32-10-31-21)33-12-7-29-8-12/h1-6,9-10,12,29,34H,7-8H2,(H2,30,31,32,33). The molecule has 0 atom stereocenters. The summed E-state index contributed by atoms with van der Waals surface area (Å²) in [5.41, 5.74) is -2.82. The highest BCUT2D eigenvalue weighted by atomic mass is 32.2. The Morgan fingerprint density at radius 1 is 1.03 bits per heavy atom. The van der Waals surface area contributed by atoms with Crippen molar-refractivity contribution >= 4 is 38.3 Å². The van der Waals surface area contributed by atoms with Crippen molar-refractivity contribution in [2.24, 2.45) is 0 Å². The number of ketones is 1. The van der Waals surface area contributed by atoms with E-state index in [0.29, 0.717) is 43.4 Å². The number of anilines is 2. The van der Waals surface area contributed by atoms with Crippen LogP contribution in [0.15, 0.2) is 53.8 Å². The van der Waals surface area contributed by atoms with E-state index in [2.05, 4.69) is 25.6 Å². The van der Waals surface area contributed by atoms with E-state index in [1.54, 1.807) is 0 Å². The Labute approximate surface area is 211 Å². The van der Waals surface area contributed by atoms with Gasteiger partial charge in [0.25, 0.3) is 10.0 Å². The third kappa shape index (κ3) is 4.65. The zero-order valence-corrected chi connectivity index (χ0v) is 19.8. The van der Waals surface area contributed by atoms with Gasteiger partial charge in [0, 0.05) is 19.3 Å². The van der Waals surface area contributed by atoms with Gasteiger partial charge in [-0.2, -0.15) is 13.2 Å². The number of sulfonamides is 1. The molecule has 2 aromatic heterocycles. The summed E-state index contributed by atoms with van der Waals surface area (Å²) in [4.78, 5) is 23.6. The number of carbonyl (C=O) groups is 1. The molecule has 1 aliphatic heterocycles. The van der Waals surface area contributed by atoms with E-state index in [1.165, 1.54) is 12.5 Å². The smallest absolute Gasteiger partial charge is 0.364 e. The Kier molecular flexibility index (Phi) is 6.27. The van der Waals surface area contributed by atoms with Gasteiger partial charge in [-0.05, 0) is 36.4 Å². The molecule has 0 saturated carbocycles. The van der Waals surface area contributed by atoms with Gasteiger partial charge in [-0.1, -0.05) is 0 Å². The number of alkyl halides is 3. The van der Waals surface area contributed by atoms with Crippen LogP contribution in [-0.4, -0.2) is 48.3 Å². The van der Waals surface area contributed by atoms with Crippen LogP contribution in [0.2, 0.25) is 0 Å². The van der Waals surface area contributed by atoms with Crippen molar-refractivity contribution in [2.45, 2.75) is 17.1 Å². The van der Waals surface area contributed by atoms with Crippen LogP contribution >= 0.6 is 0 Å². The molecule has 198 valence electrons. The minimum atomic E-state index is -4.69. The first-order valence-corrected chi connectivity index (χ1v) is 12.5. The molecule has 1 aliphatic rings. The number of halogens is 5. The van der Waals surface area contributed by atoms with Crippen molar-refractivity contribution in [3.63, 3.8) is 0 Å². The number of rotatable bonds is 7. The summed E-state index contributed by atoms with van der Waals surface area (Å²) >= 11 is 0. The van der Waals surface area contributed by atoms with Crippen molar-refractivity contribution in [1.82, 2.24) is 20.3 Å². The average Bonchev–Trinajstić information content (AvgIpc) is 3.28. The third-order valence-electron chi connectivity index (χ3n) is 5.89. The fourth-order valence-corrected chi connectivity index (χ4v) is 4.90. The van der Waals surface area contributed by atoms with Gasteiger partial charge in [0.15, 0.2) is 5.82 Å². The average molecular weight is 552 g/mol. The van der Waals surface area contributed by atoms with Crippen molar-refractivity contribution < 1.29 is 35.2 Å². The summed E-state index contributed by atoms with van der Waals surface area (Å²) in [6, 6.07) is 3.96. The maximum Gasteiger partial charge on any atom is 0.416 e. The number of nitrogens with zero attached hydrogens (tertiary/aromatic N) is 2. The fraction of sp³-hybridized carbons (Fsp3) is 0.174. The van der Waals surface area contributed by atoms with Crippen molar-refractivity contribution in [1.29, 1.82) is 0 Å². The minimum Gasteiger partial charge on any atom is -0.364 e. The monoisotopic (exact) mass is 552 g/mol. The lowest BCUT2D eigenvalue weighted by molar-refractivity contribution is -0.137. The molecule has 5 rings (SSSR count). The number of carbonyl (C=O) groups excluding carboxylic acids is 1. The largest absolute Gasteiger partial charge is 0.416 e. The summed E-state index contributed by atoms with van der Waals surface area (Å²) in [5.74, 6) is -3.60. The number of hydrogen-bond acceptors (Lipinski definition) is 7. The fourth-order valence-electron chi connectivity index (χ4n) is 3.84. The lowest BCUT2D eigenvalue weighted by atomic mass is 10.0. The molecule has 2 aromatic carbocycles. The first kappa shape index (κ1) is 25.5. The summed E-state index contributed by atoms with van der Waals surface area (Å²) in [5, 5.41) is 6.38. The van der Waals surface area contributed by atoms with Crippen LogP contribution in [0.3, 0.4) is 0 Å². The lowest BCUT2D eigenvalue weighted by Crippen LogP contribution is -2.51. The van der Waals surface area contributed by atoms with Crippen molar-refractivity contribution in [2.75, 3.05) is 23.1 Å². The summed E-state index contributed by atoms with van der Waals surface area (Å²) in [7, 11) is -4.59. The van der Waals surface area contributed by atoms with Gasteiger partial charge < -0.3 is 15.6 Å². The first-order valence-electron chi connectivity index (χ1n) is 11.0. The molecule has 0 spiro atoms. The highest BCUT2D eigenvalue weighted by molar-refractivity contribution is 7.92. The second kappa shape index (κ2) is 9.33. The first-order chi connectivity index (χ1) is 18.0. The Hall–Kier alpha value is -4.11. The number of H-pyrrole nitrogens is 1. The van der Waals surface area contributed by atoms with Gasteiger partial charge in [0.2, 0.25) is 5.78 Å². The van der Waals surface area contributed by atoms with E-state index in [0.717, 1.165) is 6.07 Å². The highest BCUT2D eigenvalue weighted by Gasteiger charge is 2.31. The van der Waals surface area contributed by atoms with Crippen LogP contribution in [0.5, 0.6) is 0 Å². The van der Waals surface area contributed by atoms with Crippen LogP contribution < -0.4 is 15.4 Å². The van der Waals surface area contributed by atoms with Crippen molar-refractivity contribution in [3.8, 4) is 0 Å². The van der Waals surface area contributed by atoms with E-state index < -0.39 is 55.3 Å². The topological polar surface area (TPSA) is 129 Å². The molecule has 1 saturated heterocycles. The molecule has 0 bridgehead atoms.